The fourth-order valence-electron chi connectivity index (χ4n) is 1.48. The van der Waals surface area contributed by atoms with Crippen LogP contribution in [0.3, 0.4) is 0 Å². The number of esters is 1. The Labute approximate surface area is 103 Å². The van der Waals surface area contributed by atoms with E-state index in [4.69, 9.17) is 5.73 Å². The SMILES string of the molecule is COC(=O)[C@@H](NC(=O)CCCCCN)C(C)C. The van der Waals surface area contributed by atoms with Gasteiger partial charge >= 0.3 is 5.97 Å². The Morgan fingerprint density at radius 2 is 1.88 bits per heavy atom. The highest BCUT2D eigenvalue weighted by Gasteiger charge is 2.24. The molecule has 0 heterocycles. The van der Waals surface area contributed by atoms with Crippen LogP contribution in [0.2, 0.25) is 0 Å². The number of methoxy groups -OCH3 is 1. The summed E-state index contributed by atoms with van der Waals surface area (Å²) in [5, 5.41) is 2.70. The van der Waals surface area contributed by atoms with Crippen LogP contribution >= 0.6 is 0 Å². The molecule has 0 fully saturated rings. The zero-order valence-corrected chi connectivity index (χ0v) is 11.0. The summed E-state index contributed by atoms with van der Waals surface area (Å²) in [6, 6.07) is -0.554. The molecule has 0 aliphatic rings. The number of hydrogen-bond acceptors (Lipinski definition) is 4. The first-order valence-electron chi connectivity index (χ1n) is 6.10. The Hall–Kier alpha value is -1.10. The summed E-state index contributed by atoms with van der Waals surface area (Å²) >= 11 is 0. The highest BCUT2D eigenvalue weighted by molar-refractivity contribution is 5.84. The van der Waals surface area contributed by atoms with Gasteiger partial charge in [0.15, 0.2) is 0 Å². The second kappa shape index (κ2) is 8.98. The monoisotopic (exact) mass is 244 g/mol. The number of ether oxygens (including phenoxy) is 1. The van der Waals surface area contributed by atoms with E-state index in [1.807, 2.05) is 13.8 Å². The van der Waals surface area contributed by atoms with Crippen molar-refractivity contribution in [1.29, 1.82) is 0 Å². The third kappa shape index (κ3) is 6.94. The Morgan fingerprint density at radius 1 is 1.24 bits per heavy atom. The normalized spacial score (nSPS) is 12.3. The summed E-state index contributed by atoms with van der Waals surface area (Å²) in [5.74, 6) is -0.475. The molecule has 0 aromatic heterocycles. The van der Waals surface area contributed by atoms with Gasteiger partial charge in [-0.15, -0.1) is 0 Å². The fraction of sp³-hybridized carbons (Fsp3) is 0.833. The van der Waals surface area contributed by atoms with E-state index in [-0.39, 0.29) is 11.8 Å². The number of rotatable bonds is 8. The van der Waals surface area contributed by atoms with E-state index in [0.29, 0.717) is 13.0 Å². The van der Waals surface area contributed by atoms with Crippen molar-refractivity contribution in [3.05, 3.63) is 0 Å². The smallest absolute Gasteiger partial charge is 0.328 e. The van der Waals surface area contributed by atoms with Crippen molar-refractivity contribution in [1.82, 2.24) is 5.32 Å². The van der Waals surface area contributed by atoms with Gasteiger partial charge < -0.3 is 15.8 Å². The lowest BCUT2D eigenvalue weighted by molar-refractivity contribution is -0.146. The van der Waals surface area contributed by atoms with Crippen LogP contribution in [0.1, 0.15) is 39.5 Å². The largest absolute Gasteiger partial charge is 0.467 e. The first kappa shape index (κ1) is 15.9. The van der Waals surface area contributed by atoms with Crippen molar-refractivity contribution in [3.63, 3.8) is 0 Å². The van der Waals surface area contributed by atoms with Crippen LogP contribution in [0.4, 0.5) is 0 Å². The van der Waals surface area contributed by atoms with Gasteiger partial charge in [-0.05, 0) is 25.3 Å². The van der Waals surface area contributed by atoms with Crippen molar-refractivity contribution in [3.8, 4) is 0 Å². The average molecular weight is 244 g/mol. The Balaban J connectivity index is 4.00. The van der Waals surface area contributed by atoms with E-state index in [9.17, 15) is 9.59 Å². The van der Waals surface area contributed by atoms with Crippen LogP contribution in [-0.2, 0) is 14.3 Å². The number of hydrogen-bond donors (Lipinski definition) is 2. The molecule has 0 aromatic carbocycles. The number of unbranched alkanes of at least 4 members (excludes halogenated alkanes) is 2. The lowest BCUT2D eigenvalue weighted by Gasteiger charge is -2.19. The standard InChI is InChI=1S/C12H24N2O3/c1-9(2)11(12(16)17-3)14-10(15)7-5-4-6-8-13/h9,11H,4-8,13H2,1-3H3,(H,14,15)/t11-/m0/s1. The molecular weight excluding hydrogens is 220 g/mol. The maximum atomic E-state index is 11.6. The number of nitrogens with two attached hydrogens (primary N) is 1. The number of carbonyl (C=O) groups excluding carboxylic acids is 2. The number of nitrogens with one attached hydrogen (secondary N) is 1. The average Bonchev–Trinajstić information content (AvgIpc) is 2.30. The maximum Gasteiger partial charge on any atom is 0.328 e. The number of carbonyl (C=O) groups is 2. The summed E-state index contributed by atoms with van der Waals surface area (Å²) in [5.41, 5.74) is 5.36. The highest BCUT2D eigenvalue weighted by Crippen LogP contribution is 2.05. The molecule has 0 aromatic rings. The molecule has 0 spiro atoms. The maximum absolute atomic E-state index is 11.6. The van der Waals surface area contributed by atoms with E-state index in [1.54, 1.807) is 0 Å². The van der Waals surface area contributed by atoms with Crippen LogP contribution in [0.15, 0.2) is 0 Å². The van der Waals surface area contributed by atoms with Gasteiger partial charge in [0, 0.05) is 6.42 Å². The van der Waals surface area contributed by atoms with Crippen molar-refractivity contribution >= 4 is 11.9 Å². The molecule has 1 amide bonds. The summed E-state index contributed by atoms with van der Waals surface area (Å²) in [6.07, 6.45) is 3.10. The summed E-state index contributed by atoms with van der Waals surface area (Å²) < 4.78 is 4.65. The second-order valence-corrected chi connectivity index (χ2v) is 4.41. The molecule has 0 aliphatic carbocycles. The van der Waals surface area contributed by atoms with Gasteiger partial charge in [0.05, 0.1) is 7.11 Å². The lowest BCUT2D eigenvalue weighted by Crippen LogP contribution is -2.44. The van der Waals surface area contributed by atoms with E-state index < -0.39 is 12.0 Å². The van der Waals surface area contributed by atoms with Crippen molar-refractivity contribution in [2.75, 3.05) is 13.7 Å². The molecule has 17 heavy (non-hydrogen) atoms. The second-order valence-electron chi connectivity index (χ2n) is 4.41. The minimum atomic E-state index is -0.554. The lowest BCUT2D eigenvalue weighted by atomic mass is 10.0. The van der Waals surface area contributed by atoms with E-state index >= 15 is 0 Å². The number of amides is 1. The van der Waals surface area contributed by atoms with Crippen molar-refractivity contribution in [2.24, 2.45) is 11.7 Å². The quantitative estimate of drug-likeness (QED) is 0.489. The summed E-state index contributed by atoms with van der Waals surface area (Å²) in [4.78, 5) is 23.0. The predicted octanol–water partition coefficient (Wildman–Crippen LogP) is 0.819. The van der Waals surface area contributed by atoms with Crippen LogP contribution in [0.25, 0.3) is 0 Å². The fourth-order valence-corrected chi connectivity index (χ4v) is 1.48. The van der Waals surface area contributed by atoms with Crippen LogP contribution in [0.5, 0.6) is 0 Å². The van der Waals surface area contributed by atoms with E-state index in [2.05, 4.69) is 10.1 Å². The van der Waals surface area contributed by atoms with E-state index in [1.165, 1.54) is 7.11 Å². The van der Waals surface area contributed by atoms with Gasteiger partial charge in [-0.25, -0.2) is 4.79 Å². The molecule has 3 N–H and O–H groups in total. The molecule has 0 saturated heterocycles. The third-order valence-electron chi connectivity index (χ3n) is 2.55. The molecule has 0 rings (SSSR count). The summed E-state index contributed by atoms with van der Waals surface area (Å²) in [7, 11) is 1.32. The molecule has 100 valence electrons. The van der Waals surface area contributed by atoms with Crippen LogP contribution < -0.4 is 11.1 Å². The Kier molecular flexibility index (Phi) is 8.40. The Bertz CT molecular complexity index is 242. The molecule has 0 radical (unpaired) electrons. The zero-order valence-electron chi connectivity index (χ0n) is 11.0. The minimum absolute atomic E-state index is 0.0236. The molecular formula is C12H24N2O3. The Morgan fingerprint density at radius 3 is 2.35 bits per heavy atom. The van der Waals surface area contributed by atoms with Gasteiger partial charge in [-0.3, -0.25) is 4.79 Å². The molecule has 1 atom stereocenters. The molecule has 0 unspecified atom stereocenters. The first-order chi connectivity index (χ1) is 8.02. The van der Waals surface area contributed by atoms with Gasteiger partial charge in [0.25, 0.3) is 0 Å². The van der Waals surface area contributed by atoms with Gasteiger partial charge in [0.2, 0.25) is 5.91 Å². The predicted molar refractivity (Wildman–Crippen MR) is 66.3 cm³/mol. The molecule has 0 aliphatic heterocycles. The first-order valence-corrected chi connectivity index (χ1v) is 6.10. The minimum Gasteiger partial charge on any atom is -0.467 e. The van der Waals surface area contributed by atoms with Crippen LogP contribution in [-0.4, -0.2) is 31.6 Å². The van der Waals surface area contributed by atoms with E-state index in [0.717, 1.165) is 19.3 Å². The topological polar surface area (TPSA) is 81.4 Å². The molecule has 0 saturated carbocycles. The zero-order chi connectivity index (χ0) is 13.3. The third-order valence-corrected chi connectivity index (χ3v) is 2.55. The van der Waals surface area contributed by atoms with Crippen molar-refractivity contribution < 1.29 is 14.3 Å². The molecule has 5 nitrogen and oxygen atoms in total. The van der Waals surface area contributed by atoms with Gasteiger partial charge in [0.1, 0.15) is 6.04 Å². The van der Waals surface area contributed by atoms with Gasteiger partial charge in [-0.1, -0.05) is 20.3 Å². The summed E-state index contributed by atoms with van der Waals surface area (Å²) in [6.45, 7) is 4.39. The van der Waals surface area contributed by atoms with Crippen molar-refractivity contribution in [2.45, 2.75) is 45.6 Å². The van der Waals surface area contributed by atoms with Crippen LogP contribution in [0, 0.1) is 5.92 Å². The molecule has 5 heteroatoms. The van der Waals surface area contributed by atoms with Gasteiger partial charge in [-0.2, -0.15) is 0 Å². The molecule has 0 bridgehead atoms. The highest BCUT2D eigenvalue weighted by atomic mass is 16.5.